The summed E-state index contributed by atoms with van der Waals surface area (Å²) in [6.45, 7) is 2.76. The van der Waals surface area contributed by atoms with Crippen LogP contribution in [0.3, 0.4) is 0 Å². The molecule has 0 radical (unpaired) electrons. The molecule has 0 saturated heterocycles. The van der Waals surface area contributed by atoms with E-state index in [9.17, 15) is 18.0 Å². The van der Waals surface area contributed by atoms with Gasteiger partial charge in [-0.15, -0.1) is 0 Å². The van der Waals surface area contributed by atoms with E-state index in [0.29, 0.717) is 24.7 Å². The van der Waals surface area contributed by atoms with Gasteiger partial charge < -0.3 is 9.47 Å². The maximum atomic E-state index is 11.9. The van der Waals surface area contributed by atoms with E-state index in [0.717, 1.165) is 0 Å². The number of amides is 1. The van der Waals surface area contributed by atoms with Crippen LogP contribution >= 0.6 is 0 Å². The number of hydrogen-bond acceptors (Lipinski definition) is 4. The van der Waals surface area contributed by atoms with Crippen LogP contribution in [0.4, 0.5) is 13.2 Å². The average molecular weight is 307 g/mol. The molecule has 0 spiro atoms. The molecule has 118 valence electrons. The van der Waals surface area contributed by atoms with Crippen LogP contribution in [0.25, 0.3) is 0 Å². The van der Waals surface area contributed by atoms with Crippen LogP contribution in [-0.4, -0.2) is 31.9 Å². The molecule has 0 heterocycles. The molecular formula is C13H16F3NO4. The predicted molar refractivity (Wildman–Crippen MR) is 68.3 cm³/mol. The summed E-state index contributed by atoms with van der Waals surface area (Å²) < 4.78 is 46.3. The van der Waals surface area contributed by atoms with Gasteiger partial charge in [0.15, 0.2) is 18.1 Å². The average Bonchev–Trinajstić information content (AvgIpc) is 2.39. The Labute approximate surface area is 119 Å². The first-order valence-electron chi connectivity index (χ1n) is 6.26. The minimum atomic E-state index is -4.51. The number of carbonyl (C=O) groups is 1. The quantitative estimate of drug-likeness (QED) is 0.787. The first-order chi connectivity index (χ1) is 9.87. The van der Waals surface area contributed by atoms with Crippen LogP contribution in [0.2, 0.25) is 0 Å². The van der Waals surface area contributed by atoms with Crippen LogP contribution in [0, 0.1) is 0 Å². The van der Waals surface area contributed by atoms with Crippen molar-refractivity contribution in [2.75, 3.05) is 19.8 Å². The number of halogens is 3. The molecule has 0 fully saturated rings. The summed E-state index contributed by atoms with van der Waals surface area (Å²) in [6, 6.07) is 4.29. The standard InChI is InChI=1S/C13H16F3NO4/c1-3-19-10-6-5-9(7-11(10)20-4-2)12(18)17-21-8-13(14,15)16/h5-7H,3-4,8H2,1-2H3,(H,17,18). The van der Waals surface area contributed by atoms with Crippen LogP contribution in [0.5, 0.6) is 11.5 Å². The van der Waals surface area contributed by atoms with Gasteiger partial charge in [0.1, 0.15) is 0 Å². The lowest BCUT2D eigenvalue weighted by atomic mass is 10.2. The Morgan fingerprint density at radius 2 is 1.76 bits per heavy atom. The SMILES string of the molecule is CCOc1ccc(C(=O)NOCC(F)(F)F)cc1OCC. The predicted octanol–water partition coefficient (Wildman–Crippen LogP) is 2.71. The van der Waals surface area contributed by atoms with Gasteiger partial charge in [-0.1, -0.05) is 0 Å². The maximum Gasteiger partial charge on any atom is 0.414 e. The van der Waals surface area contributed by atoms with E-state index < -0.39 is 18.7 Å². The molecule has 0 saturated carbocycles. The van der Waals surface area contributed by atoms with Crippen molar-refractivity contribution in [2.45, 2.75) is 20.0 Å². The second-order valence-corrected chi connectivity index (χ2v) is 3.86. The lowest BCUT2D eigenvalue weighted by molar-refractivity contribution is -0.184. The number of rotatable bonds is 7. The summed E-state index contributed by atoms with van der Waals surface area (Å²) in [5.74, 6) is -0.0156. The Hall–Kier alpha value is -1.96. The van der Waals surface area contributed by atoms with E-state index in [1.165, 1.54) is 18.2 Å². The molecular weight excluding hydrogens is 291 g/mol. The third kappa shape index (κ3) is 5.90. The molecule has 0 aliphatic rings. The number of hydrogen-bond donors (Lipinski definition) is 1. The Bertz CT molecular complexity index is 477. The largest absolute Gasteiger partial charge is 0.490 e. The smallest absolute Gasteiger partial charge is 0.414 e. The van der Waals surface area contributed by atoms with Crippen molar-refractivity contribution < 1.29 is 32.3 Å². The molecule has 0 aromatic heterocycles. The third-order valence-electron chi connectivity index (χ3n) is 2.21. The van der Waals surface area contributed by atoms with Crippen molar-refractivity contribution in [3.05, 3.63) is 23.8 Å². The fourth-order valence-electron chi connectivity index (χ4n) is 1.43. The Morgan fingerprint density at radius 3 is 2.33 bits per heavy atom. The van der Waals surface area contributed by atoms with Gasteiger partial charge in [-0.2, -0.15) is 13.2 Å². The highest BCUT2D eigenvalue weighted by molar-refractivity contribution is 5.94. The number of ether oxygens (including phenoxy) is 2. The van der Waals surface area contributed by atoms with Gasteiger partial charge in [-0.25, -0.2) is 5.48 Å². The van der Waals surface area contributed by atoms with Crippen LogP contribution in [-0.2, 0) is 4.84 Å². The summed E-state index contributed by atoms with van der Waals surface area (Å²) >= 11 is 0. The molecule has 21 heavy (non-hydrogen) atoms. The molecule has 1 amide bonds. The lowest BCUT2D eigenvalue weighted by Gasteiger charge is -2.12. The monoisotopic (exact) mass is 307 g/mol. The third-order valence-corrected chi connectivity index (χ3v) is 2.21. The molecule has 0 aliphatic heterocycles. The first kappa shape index (κ1) is 17.1. The molecule has 1 aromatic carbocycles. The first-order valence-corrected chi connectivity index (χ1v) is 6.26. The number of alkyl halides is 3. The number of benzene rings is 1. The normalized spacial score (nSPS) is 11.1. The van der Waals surface area contributed by atoms with Crippen LogP contribution < -0.4 is 15.0 Å². The van der Waals surface area contributed by atoms with Crippen LogP contribution in [0.1, 0.15) is 24.2 Å². The molecule has 0 atom stereocenters. The molecule has 0 aliphatic carbocycles. The van der Waals surface area contributed by atoms with E-state index in [-0.39, 0.29) is 5.56 Å². The highest BCUT2D eigenvalue weighted by Gasteiger charge is 2.28. The number of carbonyl (C=O) groups excluding carboxylic acids is 1. The summed E-state index contributed by atoms with van der Waals surface area (Å²) in [5, 5.41) is 0. The van der Waals surface area contributed by atoms with Crippen molar-refractivity contribution in [3.63, 3.8) is 0 Å². The number of nitrogens with one attached hydrogen (secondary N) is 1. The molecule has 1 rings (SSSR count). The Morgan fingerprint density at radius 1 is 1.14 bits per heavy atom. The molecule has 1 aromatic rings. The molecule has 8 heteroatoms. The van der Waals surface area contributed by atoms with E-state index in [4.69, 9.17) is 9.47 Å². The van der Waals surface area contributed by atoms with Crippen molar-refractivity contribution >= 4 is 5.91 Å². The fourth-order valence-corrected chi connectivity index (χ4v) is 1.43. The van der Waals surface area contributed by atoms with Gasteiger partial charge in [0.2, 0.25) is 0 Å². The zero-order valence-electron chi connectivity index (χ0n) is 11.6. The van der Waals surface area contributed by atoms with E-state index in [1.54, 1.807) is 19.3 Å². The van der Waals surface area contributed by atoms with Gasteiger partial charge in [0, 0.05) is 5.56 Å². The van der Waals surface area contributed by atoms with Gasteiger partial charge in [-0.05, 0) is 32.0 Å². The summed E-state index contributed by atoms with van der Waals surface area (Å²) in [7, 11) is 0. The zero-order chi connectivity index (χ0) is 15.9. The summed E-state index contributed by atoms with van der Waals surface area (Å²) in [6.07, 6.45) is -4.51. The highest BCUT2D eigenvalue weighted by atomic mass is 19.4. The zero-order valence-corrected chi connectivity index (χ0v) is 11.6. The molecule has 0 bridgehead atoms. The minimum absolute atomic E-state index is 0.101. The molecule has 0 unspecified atom stereocenters. The van der Waals surface area contributed by atoms with Gasteiger partial charge in [0.25, 0.3) is 5.91 Å². The van der Waals surface area contributed by atoms with Crippen molar-refractivity contribution in [1.82, 2.24) is 5.48 Å². The fraction of sp³-hybridized carbons (Fsp3) is 0.462. The van der Waals surface area contributed by atoms with Crippen molar-refractivity contribution in [2.24, 2.45) is 0 Å². The molecule has 5 nitrogen and oxygen atoms in total. The summed E-state index contributed by atoms with van der Waals surface area (Å²) in [4.78, 5) is 15.8. The summed E-state index contributed by atoms with van der Waals surface area (Å²) in [5.41, 5.74) is 1.82. The lowest BCUT2D eigenvalue weighted by Crippen LogP contribution is -2.29. The number of hydroxylamine groups is 1. The van der Waals surface area contributed by atoms with E-state index >= 15 is 0 Å². The topological polar surface area (TPSA) is 56.8 Å². The highest BCUT2D eigenvalue weighted by Crippen LogP contribution is 2.28. The second-order valence-electron chi connectivity index (χ2n) is 3.86. The Kier molecular flexibility index (Phi) is 6.29. The van der Waals surface area contributed by atoms with Gasteiger partial charge >= 0.3 is 6.18 Å². The van der Waals surface area contributed by atoms with E-state index in [2.05, 4.69) is 4.84 Å². The minimum Gasteiger partial charge on any atom is -0.490 e. The van der Waals surface area contributed by atoms with Crippen molar-refractivity contribution in [3.8, 4) is 11.5 Å². The Balaban J connectivity index is 2.73. The van der Waals surface area contributed by atoms with Gasteiger partial charge in [-0.3, -0.25) is 9.63 Å². The maximum absolute atomic E-state index is 11.9. The second kappa shape index (κ2) is 7.72. The van der Waals surface area contributed by atoms with Gasteiger partial charge in [0.05, 0.1) is 13.2 Å². The van der Waals surface area contributed by atoms with E-state index in [1.807, 2.05) is 0 Å². The van der Waals surface area contributed by atoms with Crippen molar-refractivity contribution in [1.29, 1.82) is 0 Å². The molecule has 1 N–H and O–H groups in total. The van der Waals surface area contributed by atoms with Crippen LogP contribution in [0.15, 0.2) is 18.2 Å².